The zero-order chi connectivity index (χ0) is 32.7. The molecule has 1 amide bonds. The first-order chi connectivity index (χ1) is 21.2. The van der Waals surface area contributed by atoms with Crippen LogP contribution in [0.1, 0.15) is 82.4 Å². The number of fused-ring (bicyclic) bond motifs is 1. The first-order valence-corrected chi connectivity index (χ1v) is 16.1. The van der Waals surface area contributed by atoms with Crippen molar-refractivity contribution in [1.29, 1.82) is 0 Å². The van der Waals surface area contributed by atoms with E-state index < -0.39 is 35.1 Å². The van der Waals surface area contributed by atoms with E-state index in [1.165, 1.54) is 23.8 Å². The second-order valence-electron chi connectivity index (χ2n) is 13.7. The Labute approximate surface area is 270 Å². The normalized spacial score (nSPS) is 21.8. The number of methoxy groups -OCH3 is 1. The lowest BCUT2D eigenvalue weighted by atomic mass is 9.78. The second kappa shape index (κ2) is 12.1. The fourth-order valence-electron chi connectivity index (χ4n) is 5.85. The van der Waals surface area contributed by atoms with Crippen LogP contribution in [0.25, 0.3) is 0 Å². The Bertz CT molecular complexity index is 1560. The smallest absolute Gasteiger partial charge is 0.334 e. The van der Waals surface area contributed by atoms with Gasteiger partial charge in [0.25, 0.3) is 11.6 Å². The number of rotatable bonds is 7. The third kappa shape index (κ3) is 6.06. The van der Waals surface area contributed by atoms with E-state index in [0.717, 1.165) is 27.8 Å². The summed E-state index contributed by atoms with van der Waals surface area (Å²) >= 11 is 1.40. The summed E-state index contributed by atoms with van der Waals surface area (Å²) in [7, 11) is 1.46. The van der Waals surface area contributed by atoms with Gasteiger partial charge < -0.3 is 19.5 Å². The minimum absolute atomic E-state index is 0.272. The SMILES string of the molecule is CO[C@@]1(/N=C/c2cc(C(C)(C)C)c(O)c(C(C)(C)C)c2)C(=O)N2C(C(=O)OC(c3ccccc3)c3ccccc3)C(C)=CS[C@@H]21. The summed E-state index contributed by atoms with van der Waals surface area (Å²) in [5, 5.41) is 12.5. The van der Waals surface area contributed by atoms with E-state index in [0.29, 0.717) is 5.57 Å². The molecule has 0 aromatic heterocycles. The lowest BCUT2D eigenvalue weighted by Gasteiger charge is -2.55. The van der Waals surface area contributed by atoms with Crippen molar-refractivity contribution < 1.29 is 24.2 Å². The Kier molecular flexibility index (Phi) is 8.77. The van der Waals surface area contributed by atoms with Gasteiger partial charge in [-0.3, -0.25) is 4.79 Å². The fourth-order valence-corrected chi connectivity index (χ4v) is 7.12. The molecule has 8 heteroatoms. The van der Waals surface area contributed by atoms with Crippen molar-refractivity contribution in [3.8, 4) is 5.75 Å². The molecule has 0 spiro atoms. The van der Waals surface area contributed by atoms with Crippen molar-refractivity contribution in [3.05, 3.63) is 112 Å². The van der Waals surface area contributed by atoms with Crippen molar-refractivity contribution in [1.82, 2.24) is 4.90 Å². The van der Waals surface area contributed by atoms with Gasteiger partial charge in [-0.05, 0) is 57.6 Å². The third-order valence-corrected chi connectivity index (χ3v) is 9.66. The van der Waals surface area contributed by atoms with Crippen LogP contribution in [0.5, 0.6) is 5.75 Å². The molecule has 0 bridgehead atoms. The van der Waals surface area contributed by atoms with Gasteiger partial charge in [0, 0.05) is 24.5 Å². The number of phenols is 1. The van der Waals surface area contributed by atoms with Crippen molar-refractivity contribution in [2.45, 2.75) is 82.5 Å². The van der Waals surface area contributed by atoms with Crippen molar-refractivity contribution >= 4 is 29.9 Å². The van der Waals surface area contributed by atoms with E-state index in [9.17, 15) is 14.7 Å². The lowest BCUT2D eigenvalue weighted by molar-refractivity contribution is -0.193. The molecule has 1 N–H and O–H groups in total. The number of carbonyl (C=O) groups is 2. The molecular weight excluding hydrogens is 584 g/mol. The molecule has 7 nitrogen and oxygen atoms in total. The van der Waals surface area contributed by atoms with Crippen LogP contribution < -0.4 is 0 Å². The number of carbonyl (C=O) groups excluding carboxylic acids is 2. The van der Waals surface area contributed by atoms with Crippen LogP contribution in [-0.2, 0) is 29.9 Å². The minimum atomic E-state index is -1.51. The number of thioether (sulfide) groups is 1. The Balaban J connectivity index is 1.46. The molecule has 1 unspecified atom stereocenters. The van der Waals surface area contributed by atoms with E-state index in [-0.39, 0.29) is 16.6 Å². The van der Waals surface area contributed by atoms with Crippen molar-refractivity contribution in [3.63, 3.8) is 0 Å². The number of esters is 1. The summed E-state index contributed by atoms with van der Waals surface area (Å²) in [5.74, 6) is -0.652. The van der Waals surface area contributed by atoms with Gasteiger partial charge >= 0.3 is 5.97 Å². The van der Waals surface area contributed by atoms with Crippen LogP contribution in [0.15, 0.2) is 88.8 Å². The first-order valence-electron chi connectivity index (χ1n) is 15.1. The Morgan fingerprint density at radius 3 is 1.93 bits per heavy atom. The number of hydrogen-bond acceptors (Lipinski definition) is 7. The molecule has 0 radical (unpaired) electrons. The molecule has 45 heavy (non-hydrogen) atoms. The van der Waals surface area contributed by atoms with E-state index in [1.807, 2.05) is 127 Å². The largest absolute Gasteiger partial charge is 0.507 e. The number of hydrogen-bond donors (Lipinski definition) is 1. The molecule has 2 aliphatic heterocycles. The number of benzene rings is 3. The quantitative estimate of drug-likeness (QED) is 0.169. The number of aromatic hydroxyl groups is 1. The predicted octanol–water partition coefficient (Wildman–Crippen LogP) is 7.27. The first kappa shape index (κ1) is 32.5. The standard InChI is InChI=1S/C37H42N2O5S/c1-23-22-45-34-37(43-8,38-21-24-19-27(35(2,3)4)30(40)28(20-24)36(5,6)7)33(42)39(34)29(23)32(41)44-31(25-15-11-9-12-16-25)26-17-13-10-14-18-26/h9-22,29,31,34,40H,1-8H3/b38-21+/t29?,34-,37+/m1/s1. The highest BCUT2D eigenvalue weighted by Gasteiger charge is 2.66. The van der Waals surface area contributed by atoms with Crippen LogP contribution >= 0.6 is 11.8 Å². The number of phenolic OH excluding ortho intramolecular Hbond substituents is 1. The van der Waals surface area contributed by atoms with Gasteiger partial charge in [0.1, 0.15) is 11.1 Å². The van der Waals surface area contributed by atoms with Gasteiger partial charge in [0.15, 0.2) is 12.1 Å². The van der Waals surface area contributed by atoms with Crippen molar-refractivity contribution in [2.75, 3.05) is 7.11 Å². The number of aliphatic imine (C=N–C) groups is 1. The molecule has 1 fully saturated rings. The van der Waals surface area contributed by atoms with E-state index in [4.69, 9.17) is 14.5 Å². The molecule has 0 saturated carbocycles. The van der Waals surface area contributed by atoms with Gasteiger partial charge in [0.2, 0.25) is 0 Å². The summed E-state index contributed by atoms with van der Waals surface area (Å²) in [6, 6.07) is 22.1. The molecule has 3 aromatic carbocycles. The summed E-state index contributed by atoms with van der Waals surface area (Å²) in [4.78, 5) is 34.1. The maximum absolute atomic E-state index is 14.0. The summed E-state index contributed by atoms with van der Waals surface area (Å²) in [5.41, 5.74) is 2.58. The molecule has 1 saturated heterocycles. The highest BCUT2D eigenvalue weighted by molar-refractivity contribution is 8.03. The Hall–Kier alpha value is -3.88. The molecule has 2 aliphatic rings. The molecule has 3 aromatic rings. The van der Waals surface area contributed by atoms with Crippen LogP contribution in [-0.4, -0.2) is 52.3 Å². The summed E-state index contributed by atoms with van der Waals surface area (Å²) < 4.78 is 12.0. The molecule has 2 heterocycles. The zero-order valence-corrected chi connectivity index (χ0v) is 28.0. The van der Waals surface area contributed by atoms with Crippen LogP contribution in [0.4, 0.5) is 0 Å². The van der Waals surface area contributed by atoms with E-state index >= 15 is 0 Å². The average Bonchev–Trinajstić information content (AvgIpc) is 3.00. The van der Waals surface area contributed by atoms with Crippen molar-refractivity contribution in [2.24, 2.45) is 4.99 Å². The third-order valence-electron chi connectivity index (χ3n) is 8.35. The van der Waals surface area contributed by atoms with E-state index in [1.54, 1.807) is 6.21 Å². The fraction of sp³-hybridized carbons (Fsp3) is 0.378. The molecule has 0 aliphatic carbocycles. The summed E-state index contributed by atoms with van der Waals surface area (Å²) in [6.45, 7) is 14.1. The maximum atomic E-state index is 14.0. The molecular formula is C37H42N2O5S. The molecule has 3 atom stereocenters. The van der Waals surface area contributed by atoms with E-state index in [2.05, 4.69) is 0 Å². The van der Waals surface area contributed by atoms with Gasteiger partial charge in [-0.15, -0.1) is 11.8 Å². The number of nitrogens with zero attached hydrogens (tertiary/aromatic N) is 2. The molecule has 236 valence electrons. The second-order valence-corrected chi connectivity index (χ2v) is 14.7. The molecule has 5 rings (SSSR count). The van der Waals surface area contributed by atoms with Crippen LogP contribution in [0.3, 0.4) is 0 Å². The highest BCUT2D eigenvalue weighted by atomic mass is 32.2. The Morgan fingerprint density at radius 1 is 0.956 bits per heavy atom. The Morgan fingerprint density at radius 2 is 1.47 bits per heavy atom. The lowest BCUT2D eigenvalue weighted by Crippen LogP contribution is -2.76. The predicted molar refractivity (Wildman–Crippen MR) is 179 cm³/mol. The van der Waals surface area contributed by atoms with Gasteiger partial charge in [-0.2, -0.15) is 0 Å². The van der Waals surface area contributed by atoms with Gasteiger partial charge in [0.05, 0.1) is 0 Å². The number of β-lactam (4-membered cyclic amide) rings is 1. The number of ether oxygens (including phenoxy) is 2. The zero-order valence-electron chi connectivity index (χ0n) is 27.2. The minimum Gasteiger partial charge on any atom is -0.507 e. The topological polar surface area (TPSA) is 88.4 Å². The van der Waals surface area contributed by atoms with Crippen LogP contribution in [0.2, 0.25) is 0 Å². The highest BCUT2D eigenvalue weighted by Crippen LogP contribution is 2.49. The summed E-state index contributed by atoms with van der Waals surface area (Å²) in [6.07, 6.45) is 1.01. The van der Waals surface area contributed by atoms with Crippen LogP contribution in [0, 0.1) is 0 Å². The maximum Gasteiger partial charge on any atom is 0.334 e. The average molecular weight is 627 g/mol. The van der Waals surface area contributed by atoms with Gasteiger partial charge in [-0.1, -0.05) is 102 Å². The van der Waals surface area contributed by atoms with Gasteiger partial charge in [-0.25, -0.2) is 9.79 Å². The number of amides is 1. The monoisotopic (exact) mass is 626 g/mol.